The molecule has 37 heavy (non-hydrogen) atoms. The van der Waals surface area contributed by atoms with Crippen LogP contribution in [0.15, 0.2) is 53.6 Å². The molecule has 0 fully saturated rings. The van der Waals surface area contributed by atoms with E-state index in [0.29, 0.717) is 11.3 Å². The molecule has 8 nitrogen and oxygen atoms in total. The van der Waals surface area contributed by atoms with Crippen molar-refractivity contribution in [1.29, 1.82) is 0 Å². The largest absolute Gasteiger partial charge is 0.417 e. The van der Waals surface area contributed by atoms with Crippen LogP contribution in [0.1, 0.15) is 32.9 Å². The van der Waals surface area contributed by atoms with E-state index in [-0.39, 0.29) is 29.2 Å². The van der Waals surface area contributed by atoms with Crippen LogP contribution in [0.2, 0.25) is 0 Å². The molecule has 1 atom stereocenters. The van der Waals surface area contributed by atoms with Crippen LogP contribution in [0.5, 0.6) is 5.88 Å². The predicted octanol–water partition coefficient (Wildman–Crippen LogP) is 3.15. The average molecular weight is 535 g/mol. The lowest BCUT2D eigenvalue weighted by Crippen LogP contribution is -2.25. The number of pyridine rings is 2. The Kier molecular flexibility index (Phi) is 7.70. The summed E-state index contributed by atoms with van der Waals surface area (Å²) >= 11 is 0. The van der Waals surface area contributed by atoms with Crippen LogP contribution in [0.25, 0.3) is 0 Å². The molecule has 1 aliphatic heterocycles. The van der Waals surface area contributed by atoms with Gasteiger partial charge in [0.05, 0.1) is 30.3 Å². The predicted molar refractivity (Wildman–Crippen MR) is 120 cm³/mol. The normalized spacial score (nSPS) is 16.2. The van der Waals surface area contributed by atoms with Crippen molar-refractivity contribution in [3.05, 3.63) is 82.6 Å². The van der Waals surface area contributed by atoms with E-state index >= 15 is 0 Å². The number of carbonyl (C=O) groups excluding carboxylic acids is 1. The molecular weight excluding hydrogens is 518 g/mol. The highest BCUT2D eigenvalue weighted by atomic mass is 32.2. The van der Waals surface area contributed by atoms with E-state index in [0.717, 1.165) is 12.1 Å². The molecule has 3 aromatic rings. The fraction of sp³-hybridized carbons (Fsp3) is 0.208. The molecule has 1 N–H and O–H groups in total. The summed E-state index contributed by atoms with van der Waals surface area (Å²) in [6.07, 6.45) is 1.42. The van der Waals surface area contributed by atoms with Gasteiger partial charge in [0.1, 0.15) is 11.5 Å². The number of ether oxygens (including phenoxy) is 2. The number of aromatic nitrogens is 2. The molecule has 0 unspecified atom stereocenters. The van der Waals surface area contributed by atoms with Gasteiger partial charge in [0.25, 0.3) is 5.91 Å². The van der Waals surface area contributed by atoms with Crippen molar-refractivity contribution in [3.8, 4) is 17.7 Å². The van der Waals surface area contributed by atoms with Gasteiger partial charge in [-0.1, -0.05) is 12.0 Å². The highest BCUT2D eigenvalue weighted by Gasteiger charge is 2.35. The molecular formula is C24H17F4N3O5S. The summed E-state index contributed by atoms with van der Waals surface area (Å²) in [4.78, 5) is 19.9. The molecule has 1 amide bonds. The second-order valence-corrected chi connectivity index (χ2v) is 9.65. The number of halogens is 4. The second kappa shape index (κ2) is 10.9. The number of benzene rings is 1. The molecule has 1 aromatic carbocycles. The minimum atomic E-state index is -4.54. The van der Waals surface area contributed by atoms with Crippen LogP contribution in [0.3, 0.4) is 0 Å². The lowest BCUT2D eigenvalue weighted by atomic mass is 10.1. The molecule has 0 radical (unpaired) electrons. The molecule has 3 heterocycles. The van der Waals surface area contributed by atoms with Gasteiger partial charge in [-0.3, -0.25) is 9.78 Å². The number of nitrogens with zero attached hydrogens (tertiary/aromatic N) is 2. The van der Waals surface area contributed by atoms with Gasteiger partial charge in [0.15, 0.2) is 0 Å². The van der Waals surface area contributed by atoms with Gasteiger partial charge >= 0.3 is 6.61 Å². The van der Waals surface area contributed by atoms with Gasteiger partial charge in [0, 0.05) is 29.0 Å². The maximum absolute atomic E-state index is 14.5. The Labute approximate surface area is 208 Å². The zero-order valence-electron chi connectivity index (χ0n) is 18.8. The zero-order chi connectivity index (χ0) is 26.6. The van der Waals surface area contributed by atoms with E-state index in [1.165, 1.54) is 24.4 Å². The van der Waals surface area contributed by atoms with Crippen molar-refractivity contribution in [2.75, 3.05) is 6.61 Å². The second-order valence-electron chi connectivity index (χ2n) is 7.61. The van der Waals surface area contributed by atoms with Crippen molar-refractivity contribution in [3.63, 3.8) is 0 Å². The number of fused-ring (bicyclic) bond motifs is 1. The summed E-state index contributed by atoms with van der Waals surface area (Å²) in [6.45, 7) is -4.33. The first kappa shape index (κ1) is 26.1. The van der Waals surface area contributed by atoms with Gasteiger partial charge in [-0.05, 0) is 36.3 Å². The molecule has 0 saturated carbocycles. The Morgan fingerprint density at radius 1 is 1.22 bits per heavy atom. The van der Waals surface area contributed by atoms with Crippen LogP contribution >= 0.6 is 0 Å². The SMILES string of the molecule is O=C(NCc1cc(C#Cc2cccc(OC(F)F)n2)ccn1)c1cc(F)c2c(c1)S(=O)(=O)[C@@H](F)COC2. The summed E-state index contributed by atoms with van der Waals surface area (Å²) in [5.41, 5.74) is -2.02. The number of nitrogens with one attached hydrogen (secondary N) is 1. The highest BCUT2D eigenvalue weighted by molar-refractivity contribution is 7.92. The number of carbonyl (C=O) groups is 1. The molecule has 4 rings (SSSR count). The molecule has 0 bridgehead atoms. The molecule has 2 aromatic heterocycles. The molecule has 0 spiro atoms. The van der Waals surface area contributed by atoms with Crippen LogP contribution in [-0.2, 0) is 27.7 Å². The molecule has 192 valence electrons. The molecule has 1 aliphatic rings. The number of alkyl halides is 3. The van der Waals surface area contributed by atoms with Crippen LogP contribution < -0.4 is 10.1 Å². The average Bonchev–Trinajstić information content (AvgIpc) is 2.97. The van der Waals surface area contributed by atoms with E-state index in [1.807, 2.05) is 0 Å². The monoisotopic (exact) mass is 535 g/mol. The molecule has 0 aliphatic carbocycles. The van der Waals surface area contributed by atoms with Crippen molar-refractivity contribution in [2.24, 2.45) is 0 Å². The topological polar surface area (TPSA) is 107 Å². The molecule has 13 heteroatoms. The van der Waals surface area contributed by atoms with E-state index < -0.39 is 51.8 Å². The molecule has 0 saturated heterocycles. The lowest BCUT2D eigenvalue weighted by molar-refractivity contribution is -0.0528. The van der Waals surface area contributed by atoms with Crippen molar-refractivity contribution in [2.45, 2.75) is 30.2 Å². The number of hydrogen-bond donors (Lipinski definition) is 1. The van der Waals surface area contributed by atoms with E-state index in [2.05, 4.69) is 31.9 Å². The Hall–Kier alpha value is -4.02. The third-order valence-electron chi connectivity index (χ3n) is 5.07. The quantitative estimate of drug-likeness (QED) is 0.395. The lowest BCUT2D eigenvalue weighted by Gasteiger charge is -2.11. The first-order valence-corrected chi connectivity index (χ1v) is 12.1. The Balaban J connectivity index is 1.48. The summed E-state index contributed by atoms with van der Waals surface area (Å²) in [5, 5.41) is 2.49. The van der Waals surface area contributed by atoms with Crippen LogP contribution in [-0.4, -0.2) is 43.0 Å². The minimum absolute atomic E-state index is 0.120. The fourth-order valence-electron chi connectivity index (χ4n) is 3.32. The fourth-order valence-corrected chi connectivity index (χ4v) is 4.66. The Morgan fingerprint density at radius 3 is 2.81 bits per heavy atom. The Morgan fingerprint density at radius 2 is 2.03 bits per heavy atom. The summed E-state index contributed by atoms with van der Waals surface area (Å²) in [6, 6.07) is 9.10. The number of sulfone groups is 1. The van der Waals surface area contributed by atoms with Gasteiger partial charge in [-0.25, -0.2) is 22.2 Å². The zero-order valence-corrected chi connectivity index (χ0v) is 19.6. The summed E-state index contributed by atoms with van der Waals surface area (Å²) in [7, 11) is -4.54. The first-order valence-electron chi connectivity index (χ1n) is 10.6. The third-order valence-corrected chi connectivity index (χ3v) is 6.86. The van der Waals surface area contributed by atoms with Crippen molar-refractivity contribution >= 4 is 15.7 Å². The summed E-state index contributed by atoms with van der Waals surface area (Å²) in [5.74, 6) is 3.40. The van der Waals surface area contributed by atoms with Crippen LogP contribution in [0, 0.1) is 17.7 Å². The van der Waals surface area contributed by atoms with Gasteiger partial charge in [-0.15, -0.1) is 0 Å². The number of hydrogen-bond acceptors (Lipinski definition) is 7. The van der Waals surface area contributed by atoms with E-state index in [4.69, 9.17) is 4.74 Å². The van der Waals surface area contributed by atoms with Crippen molar-refractivity contribution < 1.29 is 40.2 Å². The third kappa shape index (κ3) is 6.22. The standard InChI is InChI=1S/C24H17F4N3O5S/c25-19-9-15(10-20-18(19)12-35-13-21(26)37(20,33)34)23(32)30-11-17-8-14(6-7-29-17)4-5-16-2-1-3-22(31-16)36-24(27)28/h1-3,6-10,21,24H,11-13H2,(H,30,32)/t21-/m1/s1. The maximum Gasteiger partial charge on any atom is 0.388 e. The van der Waals surface area contributed by atoms with Gasteiger partial charge in [-0.2, -0.15) is 8.78 Å². The number of rotatable bonds is 5. The first-order chi connectivity index (χ1) is 17.6. The van der Waals surface area contributed by atoms with Crippen molar-refractivity contribution in [1.82, 2.24) is 15.3 Å². The number of amides is 1. The highest BCUT2D eigenvalue weighted by Crippen LogP contribution is 2.29. The maximum atomic E-state index is 14.5. The minimum Gasteiger partial charge on any atom is -0.417 e. The smallest absolute Gasteiger partial charge is 0.388 e. The van der Waals surface area contributed by atoms with Gasteiger partial charge < -0.3 is 14.8 Å². The van der Waals surface area contributed by atoms with Crippen LogP contribution in [0.4, 0.5) is 17.6 Å². The van der Waals surface area contributed by atoms with Gasteiger partial charge in [0.2, 0.25) is 21.2 Å². The summed E-state index contributed by atoms with van der Waals surface area (Å²) < 4.78 is 87.1. The van der Waals surface area contributed by atoms with E-state index in [1.54, 1.807) is 12.1 Å². The van der Waals surface area contributed by atoms with E-state index in [9.17, 15) is 30.8 Å². The Bertz CT molecular complexity index is 1510.